The molecule has 0 aliphatic carbocycles. The fourth-order valence-electron chi connectivity index (χ4n) is 5.10. The molecule has 0 saturated heterocycles. The second-order valence-electron chi connectivity index (χ2n) is 10.4. The van der Waals surface area contributed by atoms with Crippen LogP contribution < -0.4 is 19.5 Å². The first kappa shape index (κ1) is 27.5. The third-order valence-electron chi connectivity index (χ3n) is 7.17. The van der Waals surface area contributed by atoms with Crippen molar-refractivity contribution in [2.45, 2.75) is 20.0 Å². The predicted molar refractivity (Wildman–Crippen MR) is 169 cm³/mol. The first-order valence-corrected chi connectivity index (χ1v) is 14.8. The Morgan fingerprint density at radius 1 is 1.05 bits per heavy atom. The molecule has 0 spiro atoms. The third-order valence-corrected chi connectivity index (χ3v) is 8.26. The molecule has 11 heteroatoms. The highest BCUT2D eigenvalue weighted by atomic mass is 32.1. The first-order valence-electron chi connectivity index (χ1n) is 14.0. The molecule has 7 rings (SSSR count). The SMILES string of the molecule is COc1cnc2c(-c3nc4c(C)cc5c(c4s3)OCC(COC(=O)Nc3ccnc(-c4ccccc4)c3)O5)cc(C)cc2n1. The Morgan fingerprint density at radius 3 is 2.75 bits per heavy atom. The van der Waals surface area contributed by atoms with Crippen LogP contribution in [0.3, 0.4) is 0 Å². The molecule has 3 aromatic carbocycles. The third kappa shape index (κ3) is 5.33. The van der Waals surface area contributed by atoms with Crippen LogP contribution >= 0.6 is 11.3 Å². The van der Waals surface area contributed by atoms with E-state index in [0.717, 1.165) is 54.2 Å². The number of pyridine rings is 1. The van der Waals surface area contributed by atoms with Gasteiger partial charge in [-0.05, 0) is 55.3 Å². The fourth-order valence-corrected chi connectivity index (χ4v) is 6.25. The van der Waals surface area contributed by atoms with Crippen LogP contribution in [-0.2, 0) is 4.74 Å². The molecule has 3 aromatic heterocycles. The van der Waals surface area contributed by atoms with Crippen molar-refractivity contribution in [2.24, 2.45) is 0 Å². The van der Waals surface area contributed by atoms with Crippen LogP contribution in [0.5, 0.6) is 17.4 Å². The molecular weight excluding hydrogens is 578 g/mol. The second-order valence-corrected chi connectivity index (χ2v) is 11.4. The summed E-state index contributed by atoms with van der Waals surface area (Å²) in [5.41, 5.74) is 7.49. The maximum absolute atomic E-state index is 12.6. The molecule has 6 aromatic rings. The normalized spacial score (nSPS) is 14.0. The summed E-state index contributed by atoms with van der Waals surface area (Å²) in [6.45, 7) is 4.24. The number of ether oxygens (including phenoxy) is 4. The van der Waals surface area contributed by atoms with Crippen LogP contribution in [0.2, 0.25) is 0 Å². The molecule has 0 radical (unpaired) electrons. The van der Waals surface area contributed by atoms with Gasteiger partial charge >= 0.3 is 6.09 Å². The van der Waals surface area contributed by atoms with Crippen molar-refractivity contribution in [3.63, 3.8) is 0 Å². The van der Waals surface area contributed by atoms with Crippen molar-refractivity contribution in [3.8, 4) is 39.2 Å². The van der Waals surface area contributed by atoms with E-state index in [4.69, 9.17) is 23.9 Å². The minimum atomic E-state index is -0.588. The molecule has 0 saturated carbocycles. The van der Waals surface area contributed by atoms with Crippen molar-refractivity contribution in [1.82, 2.24) is 19.9 Å². The summed E-state index contributed by atoms with van der Waals surface area (Å²) >= 11 is 1.52. The van der Waals surface area contributed by atoms with Crippen molar-refractivity contribution in [1.29, 1.82) is 0 Å². The molecule has 1 aliphatic rings. The van der Waals surface area contributed by atoms with Gasteiger partial charge in [0.05, 0.1) is 35.6 Å². The second kappa shape index (κ2) is 11.4. The van der Waals surface area contributed by atoms with Gasteiger partial charge < -0.3 is 18.9 Å². The van der Waals surface area contributed by atoms with Gasteiger partial charge in [-0.2, -0.15) is 0 Å². The number of benzene rings is 3. The van der Waals surface area contributed by atoms with E-state index in [0.29, 0.717) is 23.1 Å². The minimum Gasteiger partial charge on any atom is -0.484 e. The van der Waals surface area contributed by atoms with Crippen LogP contribution in [0, 0.1) is 13.8 Å². The van der Waals surface area contributed by atoms with Crippen LogP contribution in [0.1, 0.15) is 11.1 Å². The minimum absolute atomic E-state index is 0.0182. The summed E-state index contributed by atoms with van der Waals surface area (Å²) in [6, 6.07) is 19.2. The number of fused-ring (bicyclic) bond motifs is 4. The Bertz CT molecular complexity index is 2030. The standard InChI is InChI=1S/C33H27N5O5S/c1-18-11-23(29-25(12-18)37-27(40-3)15-35-29)32-38-28-19(2)13-26-30(31(28)44-32)41-16-22(43-26)17-42-33(39)36-21-9-10-34-24(14-21)20-7-5-4-6-8-20/h4-15,22H,16-17H2,1-3H3,(H,34,36,39). The van der Waals surface area contributed by atoms with E-state index in [-0.39, 0.29) is 13.2 Å². The Labute approximate surface area is 256 Å². The molecular formula is C33H27N5O5S. The lowest BCUT2D eigenvalue weighted by Crippen LogP contribution is -2.35. The van der Waals surface area contributed by atoms with Gasteiger partial charge in [0, 0.05) is 23.0 Å². The van der Waals surface area contributed by atoms with Crippen molar-refractivity contribution in [3.05, 3.63) is 84.2 Å². The van der Waals surface area contributed by atoms with Gasteiger partial charge in [-0.1, -0.05) is 30.3 Å². The van der Waals surface area contributed by atoms with E-state index in [2.05, 4.69) is 26.3 Å². The molecule has 1 atom stereocenters. The number of anilines is 1. The highest BCUT2D eigenvalue weighted by molar-refractivity contribution is 7.22. The van der Waals surface area contributed by atoms with Crippen molar-refractivity contribution >= 4 is 44.4 Å². The quantitative estimate of drug-likeness (QED) is 0.214. The highest BCUT2D eigenvalue weighted by Crippen LogP contribution is 2.46. The molecule has 4 heterocycles. The number of amides is 1. The Hall–Kier alpha value is -5.29. The van der Waals surface area contributed by atoms with Crippen LogP contribution in [-0.4, -0.2) is 52.5 Å². The monoisotopic (exact) mass is 605 g/mol. The van der Waals surface area contributed by atoms with E-state index < -0.39 is 12.2 Å². The Balaban J connectivity index is 1.07. The van der Waals surface area contributed by atoms with Gasteiger partial charge in [-0.25, -0.2) is 19.7 Å². The zero-order chi connectivity index (χ0) is 30.2. The summed E-state index contributed by atoms with van der Waals surface area (Å²) in [5.74, 6) is 1.68. The molecule has 1 aliphatic heterocycles. The van der Waals surface area contributed by atoms with Crippen molar-refractivity contribution < 1.29 is 23.7 Å². The lowest BCUT2D eigenvalue weighted by Gasteiger charge is -2.26. The molecule has 1 N–H and O–H groups in total. The van der Waals surface area contributed by atoms with E-state index in [1.54, 1.807) is 31.6 Å². The summed E-state index contributed by atoms with van der Waals surface area (Å²) in [4.78, 5) is 31.1. The zero-order valence-corrected chi connectivity index (χ0v) is 25.0. The number of carbonyl (C=O) groups excluding carboxylic acids is 1. The lowest BCUT2D eigenvalue weighted by molar-refractivity contribution is 0.0383. The number of carbonyl (C=O) groups is 1. The molecule has 0 fully saturated rings. The maximum atomic E-state index is 12.6. The largest absolute Gasteiger partial charge is 0.484 e. The molecule has 1 unspecified atom stereocenters. The van der Waals surface area contributed by atoms with E-state index in [1.165, 1.54) is 11.3 Å². The highest BCUT2D eigenvalue weighted by Gasteiger charge is 2.27. The summed E-state index contributed by atoms with van der Waals surface area (Å²) in [7, 11) is 1.57. The number of thiazole rings is 1. The van der Waals surface area contributed by atoms with E-state index in [1.807, 2.05) is 56.3 Å². The number of rotatable bonds is 6. The summed E-state index contributed by atoms with van der Waals surface area (Å²) < 4.78 is 24.1. The average molecular weight is 606 g/mol. The zero-order valence-electron chi connectivity index (χ0n) is 24.2. The lowest BCUT2D eigenvalue weighted by atomic mass is 10.1. The molecule has 44 heavy (non-hydrogen) atoms. The van der Waals surface area contributed by atoms with Gasteiger partial charge in [0.25, 0.3) is 0 Å². The number of nitrogens with one attached hydrogen (secondary N) is 1. The smallest absolute Gasteiger partial charge is 0.411 e. The van der Waals surface area contributed by atoms with Crippen LogP contribution in [0.25, 0.3) is 43.1 Å². The van der Waals surface area contributed by atoms with Crippen LogP contribution in [0.15, 0.2) is 73.1 Å². The number of hydrogen-bond acceptors (Lipinski definition) is 10. The first-order chi connectivity index (χ1) is 21.4. The topological polar surface area (TPSA) is 118 Å². The van der Waals surface area contributed by atoms with Gasteiger partial charge in [0.2, 0.25) is 5.88 Å². The Kier molecular flexibility index (Phi) is 7.15. The molecule has 10 nitrogen and oxygen atoms in total. The molecule has 1 amide bonds. The number of hydrogen-bond donors (Lipinski definition) is 1. The van der Waals surface area contributed by atoms with Gasteiger partial charge in [-0.15, -0.1) is 11.3 Å². The van der Waals surface area contributed by atoms with Gasteiger partial charge in [-0.3, -0.25) is 10.3 Å². The predicted octanol–water partition coefficient (Wildman–Crippen LogP) is 6.98. The van der Waals surface area contributed by atoms with E-state index in [9.17, 15) is 4.79 Å². The molecule has 0 bridgehead atoms. The Morgan fingerprint density at radius 2 is 1.91 bits per heavy atom. The number of aryl methyl sites for hydroxylation is 2. The van der Waals surface area contributed by atoms with Gasteiger partial charge in [0.15, 0.2) is 17.6 Å². The fraction of sp³-hybridized carbons (Fsp3) is 0.182. The number of nitrogens with zero attached hydrogens (tertiary/aromatic N) is 4. The van der Waals surface area contributed by atoms with E-state index >= 15 is 0 Å². The van der Waals surface area contributed by atoms with Crippen LogP contribution in [0.4, 0.5) is 10.5 Å². The number of aromatic nitrogens is 4. The molecule has 220 valence electrons. The maximum Gasteiger partial charge on any atom is 0.411 e. The van der Waals surface area contributed by atoms with Crippen molar-refractivity contribution in [2.75, 3.05) is 25.6 Å². The number of methoxy groups -OCH3 is 1. The van der Waals surface area contributed by atoms with Gasteiger partial charge in [0.1, 0.15) is 22.9 Å². The average Bonchev–Trinajstić information content (AvgIpc) is 3.50. The summed E-state index contributed by atoms with van der Waals surface area (Å²) in [5, 5.41) is 3.57. The summed E-state index contributed by atoms with van der Waals surface area (Å²) in [6.07, 6.45) is 2.20.